The van der Waals surface area contributed by atoms with Crippen LogP contribution in [0.4, 0.5) is 5.82 Å². The molecule has 0 aromatic carbocycles. The third kappa shape index (κ3) is 3.16. The van der Waals surface area contributed by atoms with E-state index in [4.69, 9.17) is 11.6 Å². The molecule has 0 saturated heterocycles. The van der Waals surface area contributed by atoms with E-state index in [9.17, 15) is 5.11 Å². The van der Waals surface area contributed by atoms with Gasteiger partial charge in [-0.15, -0.1) is 11.3 Å². The van der Waals surface area contributed by atoms with Crippen LogP contribution < -0.4 is 5.32 Å². The van der Waals surface area contributed by atoms with Gasteiger partial charge in [0.05, 0.1) is 18.0 Å². The van der Waals surface area contributed by atoms with E-state index in [-0.39, 0.29) is 17.9 Å². The minimum absolute atomic E-state index is 0.0425. The largest absolute Gasteiger partial charge is 0.394 e. The standard InChI is InChI=1S/C13H18ClN3OS/c1-4-8-5-9-11(15-10(6-18)7(2)3)16-13(14)17-12(9)19-8/h5,7,10,18H,4,6H2,1-3H3,(H,15,16,17). The van der Waals surface area contributed by atoms with Gasteiger partial charge in [0.15, 0.2) is 0 Å². The molecular weight excluding hydrogens is 282 g/mol. The van der Waals surface area contributed by atoms with Crippen LogP contribution in [-0.2, 0) is 6.42 Å². The Morgan fingerprint density at radius 1 is 1.42 bits per heavy atom. The van der Waals surface area contributed by atoms with Crippen LogP contribution in [0, 0.1) is 5.92 Å². The number of aliphatic hydroxyl groups excluding tert-OH is 1. The maximum atomic E-state index is 9.41. The summed E-state index contributed by atoms with van der Waals surface area (Å²) in [6.45, 7) is 6.28. The lowest BCUT2D eigenvalue weighted by Gasteiger charge is -2.20. The second-order valence-electron chi connectivity index (χ2n) is 4.80. The van der Waals surface area contributed by atoms with E-state index in [0.717, 1.165) is 16.6 Å². The van der Waals surface area contributed by atoms with Crippen LogP contribution in [0.3, 0.4) is 0 Å². The van der Waals surface area contributed by atoms with Crippen LogP contribution in [0.25, 0.3) is 10.2 Å². The number of rotatable bonds is 5. The zero-order valence-corrected chi connectivity index (χ0v) is 12.8. The number of halogens is 1. The van der Waals surface area contributed by atoms with Gasteiger partial charge in [0, 0.05) is 4.88 Å². The van der Waals surface area contributed by atoms with E-state index in [1.165, 1.54) is 4.88 Å². The molecule has 19 heavy (non-hydrogen) atoms. The van der Waals surface area contributed by atoms with Crippen LogP contribution in [0.15, 0.2) is 6.07 Å². The van der Waals surface area contributed by atoms with Crippen molar-refractivity contribution in [1.29, 1.82) is 0 Å². The van der Waals surface area contributed by atoms with E-state index in [0.29, 0.717) is 11.7 Å². The van der Waals surface area contributed by atoms with Crippen LogP contribution >= 0.6 is 22.9 Å². The monoisotopic (exact) mass is 299 g/mol. The van der Waals surface area contributed by atoms with Crippen LogP contribution in [-0.4, -0.2) is 27.7 Å². The summed E-state index contributed by atoms with van der Waals surface area (Å²) in [7, 11) is 0. The van der Waals surface area contributed by atoms with E-state index in [1.54, 1.807) is 11.3 Å². The molecule has 4 nitrogen and oxygen atoms in total. The number of hydrogen-bond acceptors (Lipinski definition) is 5. The van der Waals surface area contributed by atoms with E-state index in [1.807, 2.05) is 0 Å². The van der Waals surface area contributed by atoms with Crippen LogP contribution in [0.1, 0.15) is 25.6 Å². The Morgan fingerprint density at radius 3 is 2.74 bits per heavy atom. The highest BCUT2D eigenvalue weighted by Crippen LogP contribution is 2.31. The molecule has 1 atom stereocenters. The van der Waals surface area contributed by atoms with Gasteiger partial charge in [-0.25, -0.2) is 9.97 Å². The minimum atomic E-state index is -0.0425. The van der Waals surface area contributed by atoms with Crippen molar-refractivity contribution in [1.82, 2.24) is 9.97 Å². The molecule has 0 spiro atoms. The van der Waals surface area contributed by atoms with Crippen molar-refractivity contribution >= 4 is 39.0 Å². The number of thiophene rings is 1. The lowest BCUT2D eigenvalue weighted by atomic mass is 10.1. The molecule has 104 valence electrons. The van der Waals surface area contributed by atoms with Crippen molar-refractivity contribution in [3.05, 3.63) is 16.2 Å². The maximum absolute atomic E-state index is 9.41. The third-order valence-electron chi connectivity index (χ3n) is 3.09. The Balaban J connectivity index is 2.43. The SMILES string of the molecule is CCc1cc2c(NC(CO)C(C)C)nc(Cl)nc2s1. The Bertz CT molecular complexity index is 570. The van der Waals surface area contributed by atoms with Gasteiger partial charge in [0.1, 0.15) is 10.6 Å². The average molecular weight is 300 g/mol. The first-order valence-electron chi connectivity index (χ1n) is 6.38. The van der Waals surface area contributed by atoms with Crippen molar-refractivity contribution in [2.45, 2.75) is 33.2 Å². The van der Waals surface area contributed by atoms with Crippen LogP contribution in [0.2, 0.25) is 5.28 Å². The molecule has 0 bridgehead atoms. The zero-order chi connectivity index (χ0) is 14.0. The first-order chi connectivity index (χ1) is 9.05. The van der Waals surface area contributed by atoms with Gasteiger partial charge >= 0.3 is 0 Å². The number of aliphatic hydroxyl groups is 1. The summed E-state index contributed by atoms with van der Waals surface area (Å²) >= 11 is 7.60. The summed E-state index contributed by atoms with van der Waals surface area (Å²) in [6.07, 6.45) is 0.964. The van der Waals surface area contributed by atoms with Crippen molar-refractivity contribution in [2.75, 3.05) is 11.9 Å². The second kappa shape index (κ2) is 6.03. The molecule has 6 heteroatoms. The summed E-state index contributed by atoms with van der Waals surface area (Å²) in [4.78, 5) is 10.6. The quantitative estimate of drug-likeness (QED) is 0.832. The Morgan fingerprint density at radius 2 is 2.16 bits per heavy atom. The van der Waals surface area contributed by atoms with Crippen molar-refractivity contribution in [3.8, 4) is 0 Å². The van der Waals surface area contributed by atoms with Gasteiger partial charge < -0.3 is 10.4 Å². The zero-order valence-electron chi connectivity index (χ0n) is 11.3. The average Bonchev–Trinajstić information content (AvgIpc) is 2.78. The summed E-state index contributed by atoms with van der Waals surface area (Å²) in [6, 6.07) is 2.05. The molecule has 2 N–H and O–H groups in total. The number of aryl methyl sites for hydroxylation is 1. The van der Waals surface area contributed by atoms with Gasteiger partial charge in [-0.2, -0.15) is 0 Å². The first kappa shape index (κ1) is 14.5. The number of nitrogens with zero attached hydrogens (tertiary/aromatic N) is 2. The lowest BCUT2D eigenvalue weighted by molar-refractivity contribution is 0.249. The minimum Gasteiger partial charge on any atom is -0.394 e. The predicted molar refractivity (Wildman–Crippen MR) is 81.1 cm³/mol. The highest BCUT2D eigenvalue weighted by molar-refractivity contribution is 7.18. The third-order valence-corrected chi connectivity index (χ3v) is 4.43. The molecule has 2 rings (SSSR count). The number of aromatic nitrogens is 2. The molecule has 0 fully saturated rings. The molecule has 2 aromatic rings. The Labute approximate surface area is 121 Å². The first-order valence-corrected chi connectivity index (χ1v) is 7.58. The number of anilines is 1. The van der Waals surface area contributed by atoms with Gasteiger partial charge in [0.2, 0.25) is 5.28 Å². The summed E-state index contributed by atoms with van der Waals surface area (Å²) in [5.41, 5.74) is 0. The fraction of sp³-hybridized carbons (Fsp3) is 0.538. The van der Waals surface area contributed by atoms with Gasteiger partial charge in [-0.05, 0) is 30.0 Å². The molecule has 0 radical (unpaired) electrons. The Kier molecular flexibility index (Phi) is 4.60. The summed E-state index contributed by atoms with van der Waals surface area (Å²) in [5, 5.41) is 13.9. The van der Waals surface area contributed by atoms with Gasteiger partial charge in [-0.3, -0.25) is 0 Å². The molecule has 2 aromatic heterocycles. The number of hydrogen-bond donors (Lipinski definition) is 2. The molecule has 0 aliphatic rings. The molecule has 0 aliphatic carbocycles. The van der Waals surface area contributed by atoms with E-state index >= 15 is 0 Å². The molecule has 1 unspecified atom stereocenters. The lowest BCUT2D eigenvalue weighted by Crippen LogP contribution is -2.30. The van der Waals surface area contributed by atoms with Crippen molar-refractivity contribution in [3.63, 3.8) is 0 Å². The van der Waals surface area contributed by atoms with Gasteiger partial charge in [-0.1, -0.05) is 20.8 Å². The molecular formula is C13H18ClN3OS. The highest BCUT2D eigenvalue weighted by atomic mass is 35.5. The fourth-order valence-electron chi connectivity index (χ4n) is 1.83. The van der Waals surface area contributed by atoms with Crippen molar-refractivity contribution < 1.29 is 5.11 Å². The smallest absolute Gasteiger partial charge is 0.225 e. The molecule has 0 amide bonds. The number of nitrogens with one attached hydrogen (secondary N) is 1. The highest BCUT2D eigenvalue weighted by Gasteiger charge is 2.16. The second-order valence-corrected chi connectivity index (χ2v) is 6.26. The molecule has 0 aliphatic heterocycles. The topological polar surface area (TPSA) is 58.0 Å². The maximum Gasteiger partial charge on any atom is 0.225 e. The summed E-state index contributed by atoms with van der Waals surface area (Å²) in [5.74, 6) is 1.01. The van der Waals surface area contributed by atoms with E-state index in [2.05, 4.69) is 42.1 Å². The molecule has 2 heterocycles. The van der Waals surface area contributed by atoms with Gasteiger partial charge in [0.25, 0.3) is 0 Å². The van der Waals surface area contributed by atoms with Crippen molar-refractivity contribution in [2.24, 2.45) is 5.92 Å². The predicted octanol–water partition coefficient (Wildman–Crippen LogP) is 3.34. The van der Waals surface area contributed by atoms with Crippen LogP contribution in [0.5, 0.6) is 0 Å². The Hall–Kier alpha value is -0.910. The van der Waals surface area contributed by atoms with E-state index < -0.39 is 0 Å². The number of fused-ring (bicyclic) bond motifs is 1. The molecule has 0 saturated carbocycles. The fourth-order valence-corrected chi connectivity index (χ4v) is 3.01. The normalized spacial score (nSPS) is 13.2. The summed E-state index contributed by atoms with van der Waals surface area (Å²) < 4.78 is 0.